The fraction of sp³-hybridized carbons (Fsp3) is 0.538. The Morgan fingerprint density at radius 3 is 1.86 bits per heavy atom. The first-order chi connectivity index (χ1) is 14.3. The molecule has 4 fully saturated rings. The topological polar surface area (TPSA) is 26.7 Å². The molecule has 2 bridgehead atoms. The van der Waals surface area contributed by atoms with E-state index in [4.69, 9.17) is 0 Å². The lowest BCUT2D eigenvalue weighted by Crippen LogP contribution is -2.54. The summed E-state index contributed by atoms with van der Waals surface area (Å²) in [5.74, 6) is 1.04. The van der Waals surface area contributed by atoms with Crippen LogP contribution < -0.4 is 0 Å². The average Bonchev–Trinajstić information content (AvgIpc) is 3.23. The molecule has 3 heterocycles. The van der Waals surface area contributed by atoms with E-state index in [1.807, 2.05) is 0 Å². The smallest absolute Gasteiger partial charge is 0.0558 e. The zero-order valence-electron chi connectivity index (χ0n) is 17.4. The molecule has 3 nitrogen and oxygen atoms in total. The van der Waals surface area contributed by atoms with Crippen LogP contribution in [0.5, 0.6) is 0 Å². The number of aliphatic hydroxyl groups is 1. The SMILES string of the molecule is OCCN1CCC2(N3CCCC3)C[C@@H](c3ccccc3)C1[C@H](c1ccccc1)C2. The van der Waals surface area contributed by atoms with Crippen molar-refractivity contribution < 1.29 is 5.11 Å². The van der Waals surface area contributed by atoms with Crippen molar-refractivity contribution in [2.24, 2.45) is 0 Å². The second kappa shape index (κ2) is 8.22. The second-order valence-electron chi connectivity index (χ2n) is 9.36. The number of benzene rings is 2. The molecule has 3 aliphatic heterocycles. The predicted molar refractivity (Wildman–Crippen MR) is 118 cm³/mol. The predicted octanol–water partition coefficient (Wildman–Crippen LogP) is 4.25. The Balaban J connectivity index is 1.63. The fourth-order valence-electron chi connectivity index (χ4n) is 6.67. The summed E-state index contributed by atoms with van der Waals surface area (Å²) in [4.78, 5) is 5.47. The first-order valence-corrected chi connectivity index (χ1v) is 11.5. The molecule has 6 rings (SSSR count). The Kier molecular flexibility index (Phi) is 5.47. The van der Waals surface area contributed by atoms with Gasteiger partial charge in [0.1, 0.15) is 0 Å². The normalized spacial score (nSPS) is 33.1. The van der Waals surface area contributed by atoms with Gasteiger partial charge in [0, 0.05) is 36.5 Å². The van der Waals surface area contributed by atoms with Crippen LogP contribution in [0.1, 0.15) is 55.1 Å². The van der Waals surface area contributed by atoms with Crippen LogP contribution in [0.25, 0.3) is 0 Å². The van der Waals surface area contributed by atoms with Crippen LogP contribution in [0.3, 0.4) is 0 Å². The number of likely N-dealkylation sites (tertiary alicyclic amines) is 1. The first-order valence-electron chi connectivity index (χ1n) is 11.5. The lowest BCUT2D eigenvalue weighted by molar-refractivity contribution is 0.0449. The van der Waals surface area contributed by atoms with Gasteiger partial charge in [0.05, 0.1) is 6.61 Å². The monoisotopic (exact) mass is 390 g/mol. The molecular weight excluding hydrogens is 356 g/mol. The minimum Gasteiger partial charge on any atom is -0.395 e. The summed E-state index contributed by atoms with van der Waals surface area (Å²) >= 11 is 0. The Morgan fingerprint density at radius 1 is 0.793 bits per heavy atom. The Hall–Kier alpha value is -1.68. The van der Waals surface area contributed by atoms with Crippen molar-refractivity contribution in [3.05, 3.63) is 71.8 Å². The quantitative estimate of drug-likeness (QED) is 0.827. The van der Waals surface area contributed by atoms with Crippen LogP contribution in [0.2, 0.25) is 0 Å². The molecule has 1 saturated carbocycles. The number of hydrogen-bond acceptors (Lipinski definition) is 3. The van der Waals surface area contributed by atoms with E-state index >= 15 is 0 Å². The summed E-state index contributed by atoms with van der Waals surface area (Å²) in [7, 11) is 0. The number of nitrogens with zero attached hydrogens (tertiary/aromatic N) is 2. The first kappa shape index (κ1) is 19.3. The maximum atomic E-state index is 9.87. The van der Waals surface area contributed by atoms with Crippen LogP contribution >= 0.6 is 0 Å². The zero-order chi connectivity index (χ0) is 19.7. The van der Waals surface area contributed by atoms with E-state index in [0.717, 1.165) is 13.1 Å². The van der Waals surface area contributed by atoms with Gasteiger partial charge in [-0.2, -0.15) is 0 Å². The third kappa shape index (κ3) is 3.54. The molecule has 0 unspecified atom stereocenters. The van der Waals surface area contributed by atoms with Crippen molar-refractivity contribution in [2.45, 2.75) is 55.5 Å². The zero-order valence-corrected chi connectivity index (χ0v) is 17.4. The molecule has 0 amide bonds. The third-order valence-electron chi connectivity index (χ3n) is 7.93. The van der Waals surface area contributed by atoms with E-state index in [0.29, 0.717) is 17.9 Å². The van der Waals surface area contributed by atoms with Gasteiger partial charge < -0.3 is 5.11 Å². The highest BCUT2D eigenvalue weighted by molar-refractivity contribution is 5.32. The lowest BCUT2D eigenvalue weighted by Gasteiger charge is -2.52. The van der Waals surface area contributed by atoms with Gasteiger partial charge in [-0.25, -0.2) is 0 Å². The number of aliphatic hydroxyl groups excluding tert-OH is 1. The van der Waals surface area contributed by atoms with Crippen LogP contribution in [-0.2, 0) is 0 Å². The van der Waals surface area contributed by atoms with E-state index in [-0.39, 0.29) is 12.1 Å². The molecule has 3 saturated heterocycles. The van der Waals surface area contributed by atoms with Crippen molar-refractivity contribution in [1.29, 1.82) is 0 Å². The second-order valence-corrected chi connectivity index (χ2v) is 9.36. The van der Waals surface area contributed by atoms with E-state index in [1.165, 1.54) is 56.3 Å². The molecule has 29 heavy (non-hydrogen) atoms. The highest BCUT2D eigenvalue weighted by Crippen LogP contribution is 2.54. The molecule has 0 spiro atoms. The van der Waals surface area contributed by atoms with Crippen molar-refractivity contribution in [3.63, 3.8) is 0 Å². The molecular formula is C26H34N2O. The van der Waals surface area contributed by atoms with Gasteiger partial charge in [0.2, 0.25) is 0 Å². The van der Waals surface area contributed by atoms with Crippen LogP contribution in [0, 0.1) is 0 Å². The standard InChI is InChI=1S/C26H34N2O/c29-18-17-27-16-13-26(28-14-7-8-15-28)19-23(21-9-3-1-4-10-21)25(27)24(20-26)22-11-5-2-6-12-22/h1-6,9-12,23-25,29H,7-8,13-20H2/t23-,24-,25?,26?/m0/s1. The maximum Gasteiger partial charge on any atom is 0.0558 e. The van der Waals surface area contributed by atoms with Crippen LogP contribution in [0.4, 0.5) is 0 Å². The van der Waals surface area contributed by atoms with Crippen LogP contribution in [0.15, 0.2) is 60.7 Å². The third-order valence-corrected chi connectivity index (χ3v) is 7.93. The van der Waals surface area contributed by atoms with E-state index in [2.05, 4.69) is 70.5 Å². The maximum absolute atomic E-state index is 9.87. The summed E-state index contributed by atoms with van der Waals surface area (Å²) in [6.45, 7) is 4.65. The molecule has 0 radical (unpaired) electrons. The summed E-state index contributed by atoms with van der Waals surface area (Å²) in [5, 5.41) is 9.87. The van der Waals surface area contributed by atoms with Crippen molar-refractivity contribution in [3.8, 4) is 0 Å². The Labute approximate surface area is 175 Å². The molecule has 0 aromatic heterocycles. The Bertz CT molecular complexity index is 737. The van der Waals surface area contributed by atoms with Gasteiger partial charge in [0.25, 0.3) is 0 Å². The van der Waals surface area contributed by atoms with Crippen molar-refractivity contribution >= 4 is 0 Å². The van der Waals surface area contributed by atoms with Gasteiger partial charge in [-0.1, -0.05) is 60.7 Å². The summed E-state index contributed by atoms with van der Waals surface area (Å²) in [6.07, 6.45) is 6.44. The van der Waals surface area contributed by atoms with Crippen molar-refractivity contribution in [1.82, 2.24) is 9.80 Å². The molecule has 1 N–H and O–H groups in total. The fourth-order valence-corrected chi connectivity index (χ4v) is 6.67. The molecule has 2 aromatic rings. The molecule has 4 aliphatic rings. The Morgan fingerprint density at radius 2 is 1.34 bits per heavy atom. The molecule has 2 atom stereocenters. The minimum atomic E-state index is 0.246. The number of fused-ring (bicyclic) bond motifs is 4. The molecule has 3 heteroatoms. The van der Waals surface area contributed by atoms with Crippen molar-refractivity contribution in [2.75, 3.05) is 32.8 Å². The number of hydrogen-bond donors (Lipinski definition) is 1. The summed E-state index contributed by atoms with van der Waals surface area (Å²) in [6, 6.07) is 22.9. The summed E-state index contributed by atoms with van der Waals surface area (Å²) in [5.41, 5.74) is 3.25. The van der Waals surface area contributed by atoms with E-state index in [9.17, 15) is 5.11 Å². The lowest BCUT2D eigenvalue weighted by atomic mass is 9.63. The van der Waals surface area contributed by atoms with Crippen LogP contribution in [-0.4, -0.2) is 59.3 Å². The van der Waals surface area contributed by atoms with Gasteiger partial charge >= 0.3 is 0 Å². The van der Waals surface area contributed by atoms with E-state index in [1.54, 1.807) is 0 Å². The van der Waals surface area contributed by atoms with Gasteiger partial charge in [-0.15, -0.1) is 0 Å². The van der Waals surface area contributed by atoms with Gasteiger partial charge in [-0.3, -0.25) is 9.80 Å². The minimum absolute atomic E-state index is 0.246. The van der Waals surface area contributed by atoms with Gasteiger partial charge in [0.15, 0.2) is 0 Å². The molecule has 2 aromatic carbocycles. The van der Waals surface area contributed by atoms with Gasteiger partial charge in [-0.05, 0) is 56.3 Å². The largest absolute Gasteiger partial charge is 0.395 e. The average molecular weight is 391 g/mol. The summed E-state index contributed by atoms with van der Waals surface area (Å²) < 4.78 is 0. The van der Waals surface area contributed by atoms with E-state index < -0.39 is 0 Å². The number of rotatable bonds is 5. The highest BCUT2D eigenvalue weighted by atomic mass is 16.3. The molecule has 154 valence electrons. The molecule has 1 aliphatic carbocycles. The highest BCUT2D eigenvalue weighted by Gasteiger charge is 2.54.